The molecular formula is C2H5N7. The third kappa shape index (κ3) is 3.19. The molecule has 0 aromatic heterocycles. The Labute approximate surface area is 50.7 Å². The Balaban J connectivity index is 4.36. The Bertz CT molecular complexity index is 159. The number of hydrogen-bond donors (Lipinski definition) is 1. The summed E-state index contributed by atoms with van der Waals surface area (Å²) >= 11 is 0. The van der Waals surface area contributed by atoms with Crippen LogP contribution in [0.2, 0.25) is 0 Å². The molecule has 7 nitrogen and oxygen atoms in total. The quantitative estimate of drug-likeness (QED) is 0.334. The second-order valence-corrected chi connectivity index (χ2v) is 1.47. The zero-order valence-corrected chi connectivity index (χ0v) is 4.76. The van der Waals surface area contributed by atoms with Crippen molar-refractivity contribution in [3.8, 4) is 0 Å². The number of rotatable bonds is 2. The Morgan fingerprint density at radius 1 is 1.33 bits per heavy atom. The molecule has 48 valence electrons. The Hall–Kier alpha value is -1.42. The average Bonchev–Trinajstić information content (AvgIpc) is 1.64. The largest absolute Gasteiger partial charge is 0.316 e. The highest BCUT2D eigenvalue weighted by molar-refractivity contribution is 4.72. The highest BCUT2D eigenvalue weighted by Crippen LogP contribution is 2.02. The van der Waals surface area contributed by atoms with Crippen LogP contribution in [0.1, 0.15) is 6.92 Å². The fourth-order valence-corrected chi connectivity index (χ4v) is 0.201. The lowest BCUT2D eigenvalue weighted by Gasteiger charge is -2.06. The second-order valence-electron chi connectivity index (χ2n) is 1.47. The normalized spacial score (nSPS) is 14.4. The van der Waals surface area contributed by atoms with Crippen molar-refractivity contribution in [2.24, 2.45) is 16.0 Å². The number of azide groups is 1. The predicted molar refractivity (Wildman–Crippen MR) is 30.9 cm³/mol. The molecule has 0 heterocycles. The van der Waals surface area contributed by atoms with Crippen LogP contribution in [0.4, 0.5) is 0 Å². The van der Waals surface area contributed by atoms with Crippen molar-refractivity contribution < 1.29 is 0 Å². The van der Waals surface area contributed by atoms with Crippen LogP contribution in [0.25, 0.3) is 20.9 Å². The van der Waals surface area contributed by atoms with E-state index in [2.05, 4.69) is 20.1 Å². The predicted octanol–water partition coefficient (Wildman–Crippen LogP) is 1.24. The Kier molecular flexibility index (Phi) is 2.34. The summed E-state index contributed by atoms with van der Waals surface area (Å²) in [6.07, 6.45) is 0. The van der Waals surface area contributed by atoms with E-state index >= 15 is 0 Å². The van der Waals surface area contributed by atoms with E-state index < -0.39 is 5.79 Å². The second kappa shape index (κ2) is 2.78. The Morgan fingerprint density at radius 3 is 1.89 bits per heavy atom. The molecule has 0 rings (SSSR count). The molecule has 2 N–H and O–H groups in total. The average molecular weight is 127 g/mol. The molecule has 0 aliphatic rings. The van der Waals surface area contributed by atoms with Gasteiger partial charge in [0, 0.05) is 9.82 Å². The van der Waals surface area contributed by atoms with Gasteiger partial charge in [0.05, 0.1) is 0 Å². The van der Waals surface area contributed by atoms with Gasteiger partial charge in [0.15, 0.2) is 5.79 Å². The van der Waals surface area contributed by atoms with Crippen molar-refractivity contribution in [2.75, 3.05) is 0 Å². The van der Waals surface area contributed by atoms with Crippen LogP contribution < -0.4 is 5.73 Å². The molecular weight excluding hydrogens is 122 g/mol. The fourth-order valence-electron chi connectivity index (χ4n) is 0.201. The Morgan fingerprint density at radius 2 is 1.67 bits per heavy atom. The molecule has 0 saturated heterocycles. The molecule has 0 radical (unpaired) electrons. The highest BCUT2D eigenvalue weighted by atomic mass is 15.4. The van der Waals surface area contributed by atoms with E-state index in [1.54, 1.807) is 0 Å². The summed E-state index contributed by atoms with van der Waals surface area (Å²) in [6, 6.07) is 0. The van der Waals surface area contributed by atoms with E-state index in [1.807, 2.05) is 0 Å². The van der Waals surface area contributed by atoms with Crippen molar-refractivity contribution >= 4 is 0 Å². The minimum absolute atomic E-state index is 1.30. The monoisotopic (exact) mass is 127 g/mol. The van der Waals surface area contributed by atoms with Crippen LogP contribution in [-0.4, -0.2) is 5.79 Å². The summed E-state index contributed by atoms with van der Waals surface area (Å²) in [5.41, 5.74) is 20.7. The molecule has 0 atom stereocenters. The molecule has 0 aliphatic carbocycles. The van der Waals surface area contributed by atoms with Gasteiger partial charge in [0.2, 0.25) is 0 Å². The van der Waals surface area contributed by atoms with E-state index in [-0.39, 0.29) is 0 Å². The van der Waals surface area contributed by atoms with Gasteiger partial charge in [-0.25, -0.2) is 0 Å². The summed E-state index contributed by atoms with van der Waals surface area (Å²) in [5.74, 6) is -1.48. The number of nitrogens with zero attached hydrogens (tertiary/aromatic N) is 6. The van der Waals surface area contributed by atoms with Gasteiger partial charge in [-0.3, -0.25) is 0 Å². The van der Waals surface area contributed by atoms with E-state index in [4.69, 9.17) is 16.8 Å². The summed E-state index contributed by atoms with van der Waals surface area (Å²) < 4.78 is 0. The molecule has 0 bridgehead atoms. The van der Waals surface area contributed by atoms with Crippen molar-refractivity contribution in [3.05, 3.63) is 20.9 Å². The van der Waals surface area contributed by atoms with Gasteiger partial charge in [-0.15, -0.1) is 0 Å². The van der Waals surface area contributed by atoms with Crippen molar-refractivity contribution in [1.82, 2.24) is 0 Å². The molecule has 0 saturated carbocycles. The first kappa shape index (κ1) is 7.58. The molecule has 0 unspecified atom stereocenters. The van der Waals surface area contributed by atoms with Crippen LogP contribution in [0.5, 0.6) is 0 Å². The maximum atomic E-state index is 7.82. The molecule has 0 fully saturated rings. The van der Waals surface area contributed by atoms with Crippen molar-refractivity contribution in [3.63, 3.8) is 0 Å². The van der Waals surface area contributed by atoms with Crippen molar-refractivity contribution in [2.45, 2.75) is 12.7 Å². The zero-order valence-electron chi connectivity index (χ0n) is 4.76. The van der Waals surface area contributed by atoms with Gasteiger partial charge >= 0.3 is 0 Å². The molecule has 0 aromatic rings. The molecule has 7 heteroatoms. The third-order valence-electron chi connectivity index (χ3n) is 0.494. The van der Waals surface area contributed by atoms with Crippen LogP contribution in [0.15, 0.2) is 10.2 Å². The van der Waals surface area contributed by atoms with Gasteiger partial charge in [-0.2, -0.15) is 0 Å². The van der Waals surface area contributed by atoms with Gasteiger partial charge in [-0.1, -0.05) is 10.2 Å². The van der Waals surface area contributed by atoms with Crippen LogP contribution in [0.3, 0.4) is 0 Å². The van der Waals surface area contributed by atoms with Gasteiger partial charge in [0.25, 0.3) is 0 Å². The van der Waals surface area contributed by atoms with E-state index in [0.717, 1.165) is 0 Å². The van der Waals surface area contributed by atoms with Gasteiger partial charge in [0.1, 0.15) is 0 Å². The van der Waals surface area contributed by atoms with Crippen molar-refractivity contribution in [1.29, 1.82) is 0 Å². The lowest BCUT2D eigenvalue weighted by Crippen LogP contribution is -2.29. The van der Waals surface area contributed by atoms with E-state index in [9.17, 15) is 0 Å². The minimum atomic E-state index is -1.48. The van der Waals surface area contributed by atoms with Crippen LogP contribution in [0, 0.1) is 0 Å². The lowest BCUT2D eigenvalue weighted by atomic mass is 10.5. The standard InChI is InChI=1S/C2H5N7/c1-2(3,6-8-4)7-9-5/h3H2,1H3. The van der Waals surface area contributed by atoms with Gasteiger partial charge < -0.3 is 5.73 Å². The third-order valence-corrected chi connectivity index (χ3v) is 0.494. The number of hydrogen-bond acceptors (Lipinski definition) is 3. The van der Waals surface area contributed by atoms with Gasteiger partial charge in [-0.05, 0) is 18.0 Å². The van der Waals surface area contributed by atoms with Crippen LogP contribution in [-0.2, 0) is 0 Å². The summed E-state index contributed by atoms with van der Waals surface area (Å²) in [7, 11) is 0. The first-order valence-corrected chi connectivity index (χ1v) is 2.04. The summed E-state index contributed by atoms with van der Waals surface area (Å²) in [4.78, 5) is 4.72. The smallest absolute Gasteiger partial charge is 0.171 e. The maximum Gasteiger partial charge on any atom is 0.171 e. The maximum absolute atomic E-state index is 7.82. The summed E-state index contributed by atoms with van der Waals surface area (Å²) in [5, 5.41) is 5.97. The lowest BCUT2D eigenvalue weighted by molar-refractivity contribution is 0.509. The molecule has 0 aliphatic heterocycles. The zero-order chi connectivity index (χ0) is 7.33. The highest BCUT2D eigenvalue weighted by Gasteiger charge is 2.11. The topological polar surface area (TPSA) is 124 Å². The number of nitrogens with two attached hydrogens (primary N) is 1. The molecule has 9 heavy (non-hydrogen) atoms. The molecule has 0 aromatic carbocycles. The summed E-state index contributed by atoms with van der Waals surface area (Å²) in [6.45, 7) is 1.30. The van der Waals surface area contributed by atoms with E-state index in [1.165, 1.54) is 6.92 Å². The first-order valence-electron chi connectivity index (χ1n) is 2.04. The molecule has 0 spiro atoms. The van der Waals surface area contributed by atoms with E-state index in [0.29, 0.717) is 0 Å². The SMILES string of the molecule is CC(N)(N=[N+]=[N-])N=[N+]=[N-]. The first-order chi connectivity index (χ1) is 4.12. The van der Waals surface area contributed by atoms with Crippen LogP contribution >= 0.6 is 0 Å². The fraction of sp³-hybridized carbons (Fsp3) is 1.00. The minimum Gasteiger partial charge on any atom is -0.316 e. The molecule has 0 amide bonds.